The van der Waals surface area contributed by atoms with Crippen LogP contribution in [-0.2, 0) is 16.0 Å². The summed E-state index contributed by atoms with van der Waals surface area (Å²) >= 11 is 0. The van der Waals surface area contributed by atoms with Crippen LogP contribution in [0, 0.1) is 12.8 Å². The molecule has 0 saturated heterocycles. The number of nitrogens with one attached hydrogen (secondary N) is 1. The molecule has 1 saturated carbocycles. The molecule has 2 N–H and O–H groups in total. The lowest BCUT2D eigenvalue weighted by molar-refractivity contribution is -0.141. The first kappa shape index (κ1) is 13.5. The molecule has 0 bridgehead atoms. The summed E-state index contributed by atoms with van der Waals surface area (Å²) in [5.74, 6) is -1.17. The molecule has 0 radical (unpaired) electrons. The Morgan fingerprint density at radius 1 is 1.47 bits per heavy atom. The standard InChI is InChI=1S/C14H18N2O3/c1-9-3-2-6-15-12(9)8-13(17)16-11-5-4-10(7-11)14(18)19/h2-3,6,10-11H,4-5,7-8H2,1H3,(H,16,17)(H,18,19). The zero-order valence-electron chi connectivity index (χ0n) is 10.9. The largest absolute Gasteiger partial charge is 0.481 e. The second-order valence-electron chi connectivity index (χ2n) is 5.06. The van der Waals surface area contributed by atoms with E-state index < -0.39 is 5.97 Å². The Bertz CT molecular complexity index is 487. The first-order valence-corrected chi connectivity index (χ1v) is 6.49. The fourth-order valence-electron chi connectivity index (χ4n) is 2.47. The molecule has 1 aliphatic carbocycles. The van der Waals surface area contributed by atoms with Crippen LogP contribution in [0.3, 0.4) is 0 Å². The van der Waals surface area contributed by atoms with Gasteiger partial charge >= 0.3 is 5.97 Å². The quantitative estimate of drug-likeness (QED) is 0.857. The molecule has 1 aliphatic rings. The summed E-state index contributed by atoms with van der Waals surface area (Å²) < 4.78 is 0. The minimum atomic E-state index is -0.766. The van der Waals surface area contributed by atoms with Crippen molar-refractivity contribution in [3.05, 3.63) is 29.6 Å². The topological polar surface area (TPSA) is 79.3 Å². The van der Waals surface area contributed by atoms with Crippen molar-refractivity contribution in [2.75, 3.05) is 0 Å². The fraction of sp³-hybridized carbons (Fsp3) is 0.500. The molecular formula is C14H18N2O3. The molecule has 0 aliphatic heterocycles. The van der Waals surface area contributed by atoms with Crippen molar-refractivity contribution in [2.45, 2.75) is 38.6 Å². The number of carboxylic acid groups (broad SMARTS) is 1. The zero-order valence-corrected chi connectivity index (χ0v) is 10.9. The van der Waals surface area contributed by atoms with Crippen LogP contribution in [0.5, 0.6) is 0 Å². The lowest BCUT2D eigenvalue weighted by Gasteiger charge is -2.12. The van der Waals surface area contributed by atoms with E-state index in [9.17, 15) is 9.59 Å². The van der Waals surface area contributed by atoms with Crippen molar-refractivity contribution >= 4 is 11.9 Å². The van der Waals surface area contributed by atoms with E-state index in [1.54, 1.807) is 6.20 Å². The highest BCUT2D eigenvalue weighted by atomic mass is 16.4. The molecule has 0 spiro atoms. The minimum absolute atomic E-state index is 0.0161. The van der Waals surface area contributed by atoms with Crippen LogP contribution in [-0.4, -0.2) is 28.0 Å². The first-order chi connectivity index (χ1) is 9.06. The molecule has 1 aromatic rings. The number of carbonyl (C=O) groups excluding carboxylic acids is 1. The van der Waals surface area contributed by atoms with Gasteiger partial charge in [0.2, 0.25) is 5.91 Å². The molecule has 1 heterocycles. The van der Waals surface area contributed by atoms with Crippen LogP contribution in [0.4, 0.5) is 0 Å². The summed E-state index contributed by atoms with van der Waals surface area (Å²) in [6.07, 6.45) is 3.83. The summed E-state index contributed by atoms with van der Waals surface area (Å²) in [7, 11) is 0. The third kappa shape index (κ3) is 3.53. The van der Waals surface area contributed by atoms with Gasteiger partial charge < -0.3 is 10.4 Å². The predicted octanol–water partition coefficient (Wildman–Crippen LogP) is 1.30. The van der Waals surface area contributed by atoms with Crippen molar-refractivity contribution in [3.63, 3.8) is 0 Å². The van der Waals surface area contributed by atoms with Gasteiger partial charge in [-0.15, -0.1) is 0 Å². The average Bonchev–Trinajstić information content (AvgIpc) is 2.80. The Kier molecular flexibility index (Phi) is 4.14. The van der Waals surface area contributed by atoms with Crippen molar-refractivity contribution in [1.82, 2.24) is 10.3 Å². The van der Waals surface area contributed by atoms with Crippen molar-refractivity contribution in [3.8, 4) is 0 Å². The van der Waals surface area contributed by atoms with E-state index in [0.717, 1.165) is 17.7 Å². The van der Waals surface area contributed by atoms with E-state index in [-0.39, 0.29) is 24.3 Å². The Morgan fingerprint density at radius 3 is 2.89 bits per heavy atom. The number of hydrogen-bond acceptors (Lipinski definition) is 3. The van der Waals surface area contributed by atoms with Gasteiger partial charge in [0, 0.05) is 12.2 Å². The van der Waals surface area contributed by atoms with E-state index in [2.05, 4.69) is 10.3 Å². The van der Waals surface area contributed by atoms with E-state index in [0.29, 0.717) is 12.8 Å². The van der Waals surface area contributed by atoms with Gasteiger partial charge in [-0.05, 0) is 37.8 Å². The molecule has 0 aromatic carbocycles. The van der Waals surface area contributed by atoms with Crippen LogP contribution in [0.25, 0.3) is 0 Å². The van der Waals surface area contributed by atoms with Crippen LogP contribution < -0.4 is 5.32 Å². The van der Waals surface area contributed by atoms with Crippen molar-refractivity contribution in [1.29, 1.82) is 0 Å². The summed E-state index contributed by atoms with van der Waals surface area (Å²) in [6.45, 7) is 1.92. The Morgan fingerprint density at radius 2 is 2.26 bits per heavy atom. The van der Waals surface area contributed by atoms with Gasteiger partial charge in [0.15, 0.2) is 0 Å². The van der Waals surface area contributed by atoms with Gasteiger partial charge in [-0.3, -0.25) is 14.6 Å². The number of aryl methyl sites for hydroxylation is 1. The molecule has 19 heavy (non-hydrogen) atoms. The second-order valence-corrected chi connectivity index (χ2v) is 5.06. The number of aliphatic carboxylic acids is 1. The highest BCUT2D eigenvalue weighted by Crippen LogP contribution is 2.25. The zero-order chi connectivity index (χ0) is 13.8. The fourth-order valence-corrected chi connectivity index (χ4v) is 2.47. The molecule has 2 rings (SSSR count). The Balaban J connectivity index is 1.86. The molecule has 1 aromatic heterocycles. The van der Waals surface area contributed by atoms with E-state index in [4.69, 9.17) is 5.11 Å². The summed E-state index contributed by atoms with van der Waals surface area (Å²) in [5.41, 5.74) is 1.76. The highest BCUT2D eigenvalue weighted by Gasteiger charge is 2.30. The molecule has 2 unspecified atom stereocenters. The monoisotopic (exact) mass is 262 g/mol. The number of amides is 1. The summed E-state index contributed by atoms with van der Waals surface area (Å²) in [4.78, 5) is 26.9. The number of aromatic nitrogens is 1. The maximum Gasteiger partial charge on any atom is 0.306 e. The van der Waals surface area contributed by atoms with E-state index >= 15 is 0 Å². The summed E-state index contributed by atoms with van der Waals surface area (Å²) in [6, 6.07) is 3.74. The SMILES string of the molecule is Cc1cccnc1CC(=O)NC1CCC(C(=O)O)C1. The van der Waals surface area contributed by atoms with Crippen LogP contribution >= 0.6 is 0 Å². The van der Waals surface area contributed by atoms with Gasteiger partial charge in [0.1, 0.15) is 0 Å². The highest BCUT2D eigenvalue weighted by molar-refractivity contribution is 5.79. The number of rotatable bonds is 4. The van der Waals surface area contributed by atoms with Crippen LogP contribution in [0.15, 0.2) is 18.3 Å². The number of carbonyl (C=O) groups is 2. The van der Waals surface area contributed by atoms with E-state index in [1.165, 1.54) is 0 Å². The molecule has 1 fully saturated rings. The molecule has 5 heteroatoms. The van der Waals surface area contributed by atoms with Gasteiger partial charge in [-0.25, -0.2) is 0 Å². The van der Waals surface area contributed by atoms with Gasteiger partial charge in [0.25, 0.3) is 0 Å². The Labute approximate surface area is 112 Å². The first-order valence-electron chi connectivity index (χ1n) is 6.49. The van der Waals surface area contributed by atoms with Gasteiger partial charge in [-0.2, -0.15) is 0 Å². The third-order valence-corrected chi connectivity index (χ3v) is 3.59. The van der Waals surface area contributed by atoms with Crippen molar-refractivity contribution < 1.29 is 14.7 Å². The van der Waals surface area contributed by atoms with Gasteiger partial charge in [0.05, 0.1) is 18.0 Å². The molecule has 1 amide bonds. The number of pyridine rings is 1. The molecule has 5 nitrogen and oxygen atoms in total. The Hall–Kier alpha value is -1.91. The van der Waals surface area contributed by atoms with Crippen LogP contribution in [0.2, 0.25) is 0 Å². The average molecular weight is 262 g/mol. The maximum atomic E-state index is 11.9. The van der Waals surface area contributed by atoms with Crippen LogP contribution in [0.1, 0.15) is 30.5 Å². The number of nitrogens with zero attached hydrogens (tertiary/aromatic N) is 1. The minimum Gasteiger partial charge on any atom is -0.481 e. The van der Waals surface area contributed by atoms with E-state index in [1.807, 2.05) is 19.1 Å². The normalized spacial score (nSPS) is 22.2. The molecular weight excluding hydrogens is 244 g/mol. The smallest absolute Gasteiger partial charge is 0.306 e. The lowest BCUT2D eigenvalue weighted by atomic mass is 10.1. The molecule has 2 atom stereocenters. The maximum absolute atomic E-state index is 11.9. The predicted molar refractivity (Wildman–Crippen MR) is 69.6 cm³/mol. The lowest BCUT2D eigenvalue weighted by Crippen LogP contribution is -2.34. The number of hydrogen-bond donors (Lipinski definition) is 2. The second kappa shape index (κ2) is 5.82. The summed E-state index contributed by atoms with van der Waals surface area (Å²) in [5, 5.41) is 11.8. The molecule has 102 valence electrons. The third-order valence-electron chi connectivity index (χ3n) is 3.59. The number of carboxylic acids is 1. The van der Waals surface area contributed by atoms with Gasteiger partial charge in [-0.1, -0.05) is 6.07 Å². The van der Waals surface area contributed by atoms with Crippen molar-refractivity contribution in [2.24, 2.45) is 5.92 Å².